The molecule has 0 radical (unpaired) electrons. The molecule has 1 aromatic rings. The van der Waals surface area contributed by atoms with Crippen molar-refractivity contribution in [1.82, 2.24) is 0 Å². The minimum atomic E-state index is -2.99. The Morgan fingerprint density at radius 2 is 2.06 bits per heavy atom. The van der Waals surface area contributed by atoms with E-state index in [4.69, 9.17) is 10.5 Å². The molecule has 0 spiro atoms. The third-order valence-corrected chi connectivity index (χ3v) is 1.96. The molecule has 1 atom stereocenters. The van der Waals surface area contributed by atoms with Crippen LogP contribution in [0, 0.1) is 5.82 Å². The fourth-order valence-corrected chi connectivity index (χ4v) is 1.12. The molecule has 5 heteroatoms. The molecule has 0 saturated heterocycles. The van der Waals surface area contributed by atoms with Crippen molar-refractivity contribution in [3.8, 4) is 5.75 Å². The summed E-state index contributed by atoms with van der Waals surface area (Å²) in [5, 5.41) is 0. The summed E-state index contributed by atoms with van der Waals surface area (Å²) in [6.45, 7) is 1.57. The van der Waals surface area contributed by atoms with Gasteiger partial charge in [0.15, 0.2) is 18.2 Å². The van der Waals surface area contributed by atoms with Crippen molar-refractivity contribution in [3.63, 3.8) is 0 Å². The van der Waals surface area contributed by atoms with Gasteiger partial charge in [-0.15, -0.1) is 0 Å². The predicted octanol–water partition coefficient (Wildman–Crippen LogP) is 2.88. The van der Waals surface area contributed by atoms with Crippen LogP contribution < -0.4 is 10.5 Å². The van der Waals surface area contributed by atoms with Crippen molar-refractivity contribution in [1.29, 1.82) is 0 Å². The molecule has 0 aliphatic heterocycles. The number of benzene rings is 1. The standard InChI is InChI=1S/C11H14F3NO/c1-7(15)8-3-4-9(12)10(5-8)16-6-11(2,13)14/h3-5,7H,6,15H2,1-2H3. The highest BCUT2D eigenvalue weighted by Gasteiger charge is 2.23. The summed E-state index contributed by atoms with van der Waals surface area (Å²) in [5.41, 5.74) is 6.22. The third-order valence-electron chi connectivity index (χ3n) is 1.96. The number of hydrogen-bond acceptors (Lipinski definition) is 2. The van der Waals surface area contributed by atoms with Crippen LogP contribution in [0.2, 0.25) is 0 Å². The summed E-state index contributed by atoms with van der Waals surface area (Å²) in [4.78, 5) is 0. The number of ether oxygens (including phenoxy) is 1. The Balaban J connectivity index is 2.82. The summed E-state index contributed by atoms with van der Waals surface area (Å²) in [6, 6.07) is 3.69. The minimum absolute atomic E-state index is 0.198. The Hall–Kier alpha value is -1.23. The Morgan fingerprint density at radius 1 is 1.44 bits per heavy atom. The van der Waals surface area contributed by atoms with Gasteiger partial charge in [0.2, 0.25) is 0 Å². The highest BCUT2D eigenvalue weighted by molar-refractivity contribution is 5.31. The highest BCUT2D eigenvalue weighted by Crippen LogP contribution is 2.23. The zero-order valence-electron chi connectivity index (χ0n) is 9.14. The lowest BCUT2D eigenvalue weighted by Crippen LogP contribution is -2.21. The fraction of sp³-hybridized carbons (Fsp3) is 0.455. The fourth-order valence-electron chi connectivity index (χ4n) is 1.12. The van der Waals surface area contributed by atoms with Crippen LogP contribution in [0.1, 0.15) is 25.5 Å². The van der Waals surface area contributed by atoms with E-state index in [0.717, 1.165) is 6.07 Å². The Labute approximate surface area is 92.2 Å². The molecule has 1 aromatic carbocycles. The zero-order chi connectivity index (χ0) is 12.3. The van der Waals surface area contributed by atoms with E-state index >= 15 is 0 Å². The molecule has 0 amide bonds. The van der Waals surface area contributed by atoms with Crippen molar-refractivity contribution in [2.45, 2.75) is 25.8 Å². The second-order valence-corrected chi connectivity index (χ2v) is 3.84. The van der Waals surface area contributed by atoms with E-state index in [1.807, 2.05) is 0 Å². The van der Waals surface area contributed by atoms with Crippen molar-refractivity contribution in [2.24, 2.45) is 5.73 Å². The Bertz CT molecular complexity index is 361. The molecule has 0 saturated carbocycles. The van der Waals surface area contributed by atoms with Gasteiger partial charge in [-0.25, -0.2) is 13.2 Å². The van der Waals surface area contributed by atoms with Gasteiger partial charge in [-0.05, 0) is 24.6 Å². The molecule has 90 valence electrons. The molecule has 0 heterocycles. The number of alkyl halides is 2. The molecule has 0 fully saturated rings. The first-order chi connectivity index (χ1) is 7.29. The summed E-state index contributed by atoms with van der Waals surface area (Å²) in [6.07, 6.45) is 0. The normalized spacial score (nSPS) is 13.6. The van der Waals surface area contributed by atoms with E-state index in [1.165, 1.54) is 12.1 Å². The molecular weight excluding hydrogens is 219 g/mol. The predicted molar refractivity (Wildman–Crippen MR) is 55.1 cm³/mol. The van der Waals surface area contributed by atoms with Gasteiger partial charge >= 0.3 is 0 Å². The summed E-state index contributed by atoms with van der Waals surface area (Å²) in [5.74, 6) is -3.86. The van der Waals surface area contributed by atoms with Crippen molar-refractivity contribution in [3.05, 3.63) is 29.6 Å². The first kappa shape index (κ1) is 12.8. The molecular formula is C11H14F3NO. The summed E-state index contributed by atoms with van der Waals surface area (Å²) in [7, 11) is 0. The Morgan fingerprint density at radius 3 is 2.56 bits per heavy atom. The maximum absolute atomic E-state index is 13.2. The van der Waals surface area contributed by atoms with Crippen LogP contribution in [0.5, 0.6) is 5.75 Å². The van der Waals surface area contributed by atoms with Gasteiger partial charge in [0, 0.05) is 13.0 Å². The monoisotopic (exact) mass is 233 g/mol. The van der Waals surface area contributed by atoms with E-state index < -0.39 is 18.3 Å². The van der Waals surface area contributed by atoms with Gasteiger partial charge in [-0.2, -0.15) is 0 Å². The topological polar surface area (TPSA) is 35.2 Å². The van der Waals surface area contributed by atoms with Gasteiger partial charge in [0.05, 0.1) is 0 Å². The SMILES string of the molecule is CC(N)c1ccc(F)c(OCC(C)(F)F)c1. The van der Waals surface area contributed by atoms with E-state index in [0.29, 0.717) is 12.5 Å². The molecule has 2 nitrogen and oxygen atoms in total. The average Bonchev–Trinajstić information content (AvgIpc) is 2.14. The number of hydrogen-bond donors (Lipinski definition) is 1. The molecule has 0 bridgehead atoms. The number of nitrogens with two attached hydrogens (primary N) is 1. The van der Waals surface area contributed by atoms with Crippen molar-refractivity contribution < 1.29 is 17.9 Å². The van der Waals surface area contributed by atoms with Crippen LogP contribution in [0.25, 0.3) is 0 Å². The zero-order valence-corrected chi connectivity index (χ0v) is 9.14. The first-order valence-electron chi connectivity index (χ1n) is 4.85. The number of rotatable bonds is 4. The lowest BCUT2D eigenvalue weighted by molar-refractivity contribution is -0.0239. The van der Waals surface area contributed by atoms with E-state index in [-0.39, 0.29) is 11.8 Å². The van der Waals surface area contributed by atoms with Crippen LogP contribution in [0.4, 0.5) is 13.2 Å². The van der Waals surface area contributed by atoms with Gasteiger partial charge in [-0.1, -0.05) is 6.07 Å². The molecule has 0 aliphatic carbocycles. The van der Waals surface area contributed by atoms with Crippen LogP contribution in [-0.2, 0) is 0 Å². The third kappa shape index (κ3) is 3.73. The van der Waals surface area contributed by atoms with Gasteiger partial charge in [0.1, 0.15) is 0 Å². The van der Waals surface area contributed by atoms with E-state index in [1.54, 1.807) is 6.92 Å². The quantitative estimate of drug-likeness (QED) is 0.867. The second kappa shape index (κ2) is 4.74. The second-order valence-electron chi connectivity index (χ2n) is 3.84. The molecule has 2 N–H and O–H groups in total. The van der Waals surface area contributed by atoms with Crippen molar-refractivity contribution >= 4 is 0 Å². The molecule has 0 aromatic heterocycles. The lowest BCUT2D eigenvalue weighted by Gasteiger charge is -2.14. The molecule has 1 unspecified atom stereocenters. The Kier molecular flexibility index (Phi) is 3.80. The first-order valence-corrected chi connectivity index (χ1v) is 4.85. The van der Waals surface area contributed by atoms with Crippen LogP contribution >= 0.6 is 0 Å². The number of halogens is 3. The minimum Gasteiger partial charge on any atom is -0.484 e. The highest BCUT2D eigenvalue weighted by atomic mass is 19.3. The molecule has 1 rings (SSSR count). The lowest BCUT2D eigenvalue weighted by atomic mass is 10.1. The smallest absolute Gasteiger partial charge is 0.278 e. The van der Waals surface area contributed by atoms with Gasteiger partial charge < -0.3 is 10.5 Å². The molecule has 0 aliphatic rings. The van der Waals surface area contributed by atoms with Crippen LogP contribution in [0.3, 0.4) is 0 Å². The van der Waals surface area contributed by atoms with E-state index in [9.17, 15) is 13.2 Å². The molecule has 16 heavy (non-hydrogen) atoms. The van der Waals surface area contributed by atoms with Gasteiger partial charge in [0.25, 0.3) is 5.92 Å². The van der Waals surface area contributed by atoms with Crippen LogP contribution in [-0.4, -0.2) is 12.5 Å². The maximum atomic E-state index is 13.2. The summed E-state index contributed by atoms with van der Waals surface area (Å²) < 4.78 is 43.0. The average molecular weight is 233 g/mol. The summed E-state index contributed by atoms with van der Waals surface area (Å²) >= 11 is 0. The largest absolute Gasteiger partial charge is 0.484 e. The maximum Gasteiger partial charge on any atom is 0.278 e. The van der Waals surface area contributed by atoms with Crippen molar-refractivity contribution in [2.75, 3.05) is 6.61 Å². The van der Waals surface area contributed by atoms with Crippen LogP contribution in [0.15, 0.2) is 18.2 Å². The van der Waals surface area contributed by atoms with Gasteiger partial charge in [-0.3, -0.25) is 0 Å². The van der Waals surface area contributed by atoms with E-state index in [2.05, 4.69) is 0 Å².